The summed E-state index contributed by atoms with van der Waals surface area (Å²) in [5, 5.41) is 0. The number of hydrogen-bond acceptors (Lipinski definition) is 4. The molecule has 0 spiro atoms. The van der Waals surface area contributed by atoms with Crippen molar-refractivity contribution in [1.29, 1.82) is 0 Å². The zero-order chi connectivity index (χ0) is 14.5. The van der Waals surface area contributed by atoms with Crippen LogP contribution in [0.4, 0.5) is 0 Å². The molecule has 0 amide bonds. The quantitative estimate of drug-likeness (QED) is 0.866. The maximum Gasteiger partial charge on any atom is 0.119 e. The van der Waals surface area contributed by atoms with Crippen LogP contribution in [0.3, 0.4) is 0 Å². The number of nitrogens with two attached hydrogens (primary N) is 1. The van der Waals surface area contributed by atoms with E-state index in [9.17, 15) is 0 Å². The van der Waals surface area contributed by atoms with E-state index in [0.29, 0.717) is 18.6 Å². The maximum atomic E-state index is 6.27. The van der Waals surface area contributed by atoms with Gasteiger partial charge in [-0.2, -0.15) is 0 Å². The molecule has 112 valence electrons. The average Bonchev–Trinajstić information content (AvgIpc) is 2.95. The van der Waals surface area contributed by atoms with E-state index < -0.39 is 0 Å². The van der Waals surface area contributed by atoms with Gasteiger partial charge < -0.3 is 20.1 Å². The van der Waals surface area contributed by atoms with Gasteiger partial charge in [-0.05, 0) is 57.0 Å². The Morgan fingerprint density at radius 3 is 2.45 bits per heavy atom. The fourth-order valence-electron chi connectivity index (χ4n) is 2.63. The second-order valence-electron chi connectivity index (χ2n) is 5.79. The van der Waals surface area contributed by atoms with E-state index in [4.69, 9.17) is 15.2 Å². The minimum atomic E-state index is 0.0980. The van der Waals surface area contributed by atoms with Crippen LogP contribution >= 0.6 is 0 Å². The molecule has 1 aliphatic heterocycles. The highest BCUT2D eigenvalue weighted by molar-refractivity contribution is 5.31. The standard InChI is InChI=1S/C16H26N2O2/c1-12(2)18-9-8-13(10-18)16(17)11-20-15-6-4-14(19-3)5-7-15/h4-7,12-13,16H,8-11,17H2,1-3H3. The first kappa shape index (κ1) is 15.1. The number of likely N-dealkylation sites (tertiary alicyclic amines) is 1. The monoisotopic (exact) mass is 278 g/mol. The molecule has 0 bridgehead atoms. The molecule has 1 heterocycles. The lowest BCUT2D eigenvalue weighted by molar-refractivity contribution is 0.225. The molecule has 1 aromatic carbocycles. The molecular formula is C16H26N2O2. The topological polar surface area (TPSA) is 47.7 Å². The third kappa shape index (κ3) is 3.87. The summed E-state index contributed by atoms with van der Waals surface area (Å²) in [5.74, 6) is 2.22. The molecule has 1 saturated heterocycles. The van der Waals surface area contributed by atoms with Gasteiger partial charge in [0.15, 0.2) is 0 Å². The number of rotatable bonds is 6. The van der Waals surface area contributed by atoms with E-state index in [2.05, 4.69) is 18.7 Å². The van der Waals surface area contributed by atoms with Crippen LogP contribution in [0.2, 0.25) is 0 Å². The van der Waals surface area contributed by atoms with E-state index in [1.807, 2.05) is 24.3 Å². The molecule has 0 aliphatic carbocycles. The van der Waals surface area contributed by atoms with E-state index in [1.165, 1.54) is 6.42 Å². The van der Waals surface area contributed by atoms with E-state index in [-0.39, 0.29) is 6.04 Å². The highest BCUT2D eigenvalue weighted by atomic mass is 16.5. The molecule has 2 N–H and O–H groups in total. The first-order chi connectivity index (χ1) is 9.60. The smallest absolute Gasteiger partial charge is 0.119 e. The van der Waals surface area contributed by atoms with Gasteiger partial charge in [0.2, 0.25) is 0 Å². The predicted molar refractivity (Wildman–Crippen MR) is 81.3 cm³/mol. The summed E-state index contributed by atoms with van der Waals surface area (Å²) in [7, 11) is 1.66. The van der Waals surface area contributed by atoms with Gasteiger partial charge in [0.1, 0.15) is 18.1 Å². The van der Waals surface area contributed by atoms with Crippen LogP contribution in [0.25, 0.3) is 0 Å². The van der Waals surface area contributed by atoms with Crippen LogP contribution in [0, 0.1) is 5.92 Å². The molecule has 0 saturated carbocycles. The van der Waals surface area contributed by atoms with Crippen LogP contribution in [-0.4, -0.2) is 43.8 Å². The van der Waals surface area contributed by atoms with Crippen molar-refractivity contribution in [1.82, 2.24) is 4.90 Å². The summed E-state index contributed by atoms with van der Waals surface area (Å²) in [6.45, 7) is 7.29. The first-order valence-electron chi connectivity index (χ1n) is 7.36. The van der Waals surface area contributed by atoms with Crippen LogP contribution in [0.15, 0.2) is 24.3 Å². The van der Waals surface area contributed by atoms with Gasteiger partial charge in [-0.3, -0.25) is 0 Å². The fraction of sp³-hybridized carbons (Fsp3) is 0.625. The van der Waals surface area contributed by atoms with Gasteiger partial charge in [-0.1, -0.05) is 0 Å². The average molecular weight is 278 g/mol. The third-order valence-corrected chi connectivity index (χ3v) is 4.09. The fourth-order valence-corrected chi connectivity index (χ4v) is 2.63. The zero-order valence-electron chi connectivity index (χ0n) is 12.7. The Kier molecular flexibility index (Phi) is 5.26. The minimum Gasteiger partial charge on any atom is -0.497 e. The van der Waals surface area contributed by atoms with Crippen molar-refractivity contribution in [3.05, 3.63) is 24.3 Å². The third-order valence-electron chi connectivity index (χ3n) is 4.09. The lowest BCUT2D eigenvalue weighted by Gasteiger charge is -2.23. The second-order valence-corrected chi connectivity index (χ2v) is 5.79. The number of nitrogens with zero attached hydrogens (tertiary/aromatic N) is 1. The Labute approximate surface area is 121 Å². The normalized spacial score (nSPS) is 21.1. The molecule has 4 heteroatoms. The summed E-state index contributed by atoms with van der Waals surface area (Å²) >= 11 is 0. The number of benzene rings is 1. The number of hydrogen-bond donors (Lipinski definition) is 1. The van der Waals surface area contributed by atoms with Crippen LogP contribution < -0.4 is 15.2 Å². The summed E-state index contributed by atoms with van der Waals surface area (Å²) < 4.78 is 10.9. The molecule has 1 aromatic rings. The van der Waals surface area contributed by atoms with Crippen LogP contribution in [-0.2, 0) is 0 Å². The van der Waals surface area contributed by atoms with Crippen molar-refractivity contribution in [2.45, 2.75) is 32.4 Å². The largest absolute Gasteiger partial charge is 0.497 e. The van der Waals surface area contributed by atoms with Gasteiger partial charge >= 0.3 is 0 Å². The summed E-state index contributed by atoms with van der Waals surface area (Å²) in [6.07, 6.45) is 1.17. The molecule has 0 radical (unpaired) electrons. The SMILES string of the molecule is COc1ccc(OCC(N)C2CCN(C(C)C)C2)cc1. The van der Waals surface area contributed by atoms with Crippen molar-refractivity contribution in [2.24, 2.45) is 11.7 Å². The lowest BCUT2D eigenvalue weighted by Crippen LogP contribution is -2.38. The van der Waals surface area contributed by atoms with Crippen molar-refractivity contribution in [3.8, 4) is 11.5 Å². The van der Waals surface area contributed by atoms with Gasteiger partial charge in [0.25, 0.3) is 0 Å². The van der Waals surface area contributed by atoms with Crippen molar-refractivity contribution >= 4 is 0 Å². The first-order valence-corrected chi connectivity index (χ1v) is 7.36. The van der Waals surface area contributed by atoms with Crippen molar-refractivity contribution in [2.75, 3.05) is 26.8 Å². The maximum absolute atomic E-state index is 6.27. The van der Waals surface area contributed by atoms with E-state index in [1.54, 1.807) is 7.11 Å². The Balaban J connectivity index is 1.78. The zero-order valence-corrected chi connectivity index (χ0v) is 12.7. The molecule has 20 heavy (non-hydrogen) atoms. The van der Waals surface area contributed by atoms with Crippen LogP contribution in [0.5, 0.6) is 11.5 Å². The summed E-state index contributed by atoms with van der Waals surface area (Å²) in [4.78, 5) is 2.48. The Bertz CT molecular complexity index is 405. The molecular weight excluding hydrogens is 252 g/mol. The molecule has 1 aliphatic rings. The highest BCUT2D eigenvalue weighted by Gasteiger charge is 2.28. The highest BCUT2D eigenvalue weighted by Crippen LogP contribution is 2.22. The summed E-state index contributed by atoms with van der Waals surface area (Å²) in [5.41, 5.74) is 6.27. The molecule has 2 atom stereocenters. The van der Waals surface area contributed by atoms with E-state index >= 15 is 0 Å². The van der Waals surface area contributed by atoms with Crippen molar-refractivity contribution < 1.29 is 9.47 Å². The Hall–Kier alpha value is -1.26. The second kappa shape index (κ2) is 6.95. The molecule has 1 fully saturated rings. The van der Waals surface area contributed by atoms with E-state index in [0.717, 1.165) is 24.6 Å². The minimum absolute atomic E-state index is 0.0980. The molecule has 0 aromatic heterocycles. The number of ether oxygens (including phenoxy) is 2. The summed E-state index contributed by atoms with van der Waals surface area (Å²) in [6, 6.07) is 8.34. The predicted octanol–water partition coefficient (Wildman–Crippen LogP) is 2.13. The van der Waals surface area contributed by atoms with Gasteiger partial charge in [-0.25, -0.2) is 0 Å². The van der Waals surface area contributed by atoms with Gasteiger partial charge in [0.05, 0.1) is 7.11 Å². The lowest BCUT2D eigenvalue weighted by atomic mass is 10.0. The van der Waals surface area contributed by atoms with Gasteiger partial charge in [0, 0.05) is 18.6 Å². The van der Waals surface area contributed by atoms with Crippen LogP contribution in [0.1, 0.15) is 20.3 Å². The Morgan fingerprint density at radius 2 is 1.90 bits per heavy atom. The molecule has 2 unspecified atom stereocenters. The molecule has 4 nitrogen and oxygen atoms in total. The Morgan fingerprint density at radius 1 is 1.25 bits per heavy atom. The van der Waals surface area contributed by atoms with Gasteiger partial charge in [-0.15, -0.1) is 0 Å². The molecule has 2 rings (SSSR count). The van der Waals surface area contributed by atoms with Crippen molar-refractivity contribution in [3.63, 3.8) is 0 Å². The number of methoxy groups -OCH3 is 1.